The molecule has 0 aromatic heterocycles. The van der Waals surface area contributed by atoms with Crippen LogP contribution in [0, 0.1) is 0 Å². The second kappa shape index (κ2) is 4.64. The maximum Gasteiger partial charge on any atom is 0.313 e. The SMILES string of the molecule is CC(O)CSCC(=O)O. The summed E-state index contributed by atoms with van der Waals surface area (Å²) < 4.78 is 0. The summed E-state index contributed by atoms with van der Waals surface area (Å²) in [6.45, 7) is 1.63. The first kappa shape index (κ1) is 8.78. The van der Waals surface area contributed by atoms with E-state index in [0.717, 1.165) is 0 Å². The van der Waals surface area contributed by atoms with Gasteiger partial charge in [0.25, 0.3) is 0 Å². The Balaban J connectivity index is 3.01. The number of carbonyl (C=O) groups is 1. The van der Waals surface area contributed by atoms with Crippen LogP contribution in [0.1, 0.15) is 6.92 Å². The van der Waals surface area contributed by atoms with Crippen LogP contribution >= 0.6 is 11.8 Å². The largest absolute Gasteiger partial charge is 0.481 e. The first-order valence-corrected chi connectivity index (χ1v) is 3.76. The lowest BCUT2D eigenvalue weighted by molar-refractivity contribution is -0.133. The Morgan fingerprint density at radius 1 is 1.78 bits per heavy atom. The summed E-state index contributed by atoms with van der Waals surface area (Å²) in [5, 5.41) is 16.8. The monoisotopic (exact) mass is 150 g/mol. The van der Waals surface area contributed by atoms with Gasteiger partial charge < -0.3 is 10.2 Å². The van der Waals surface area contributed by atoms with Crippen molar-refractivity contribution < 1.29 is 15.0 Å². The standard InChI is InChI=1S/C5H10O3S/c1-4(6)2-9-3-5(7)8/h4,6H,2-3H2,1H3,(H,7,8). The van der Waals surface area contributed by atoms with Crippen LogP contribution in [0.3, 0.4) is 0 Å². The van der Waals surface area contributed by atoms with Crippen LogP contribution in [0.5, 0.6) is 0 Å². The Morgan fingerprint density at radius 3 is 2.67 bits per heavy atom. The number of thioether (sulfide) groups is 1. The molecule has 0 saturated carbocycles. The van der Waals surface area contributed by atoms with Gasteiger partial charge in [0.1, 0.15) is 0 Å². The second-order valence-corrected chi connectivity index (χ2v) is 2.79. The summed E-state index contributed by atoms with van der Waals surface area (Å²) in [6, 6.07) is 0. The number of carboxylic acids is 1. The first-order valence-electron chi connectivity index (χ1n) is 2.60. The third kappa shape index (κ3) is 7.78. The number of hydrogen-bond donors (Lipinski definition) is 2. The molecule has 0 aromatic rings. The Labute approximate surface area is 58.1 Å². The molecule has 9 heavy (non-hydrogen) atoms. The van der Waals surface area contributed by atoms with Crippen molar-refractivity contribution in [2.24, 2.45) is 0 Å². The lowest BCUT2D eigenvalue weighted by atomic mass is 10.5. The average Bonchev–Trinajstić information content (AvgIpc) is 1.63. The van der Waals surface area contributed by atoms with Gasteiger partial charge in [-0.25, -0.2) is 0 Å². The van der Waals surface area contributed by atoms with Gasteiger partial charge in [-0.2, -0.15) is 0 Å². The number of aliphatic hydroxyl groups excluding tert-OH is 1. The molecule has 0 aliphatic carbocycles. The minimum absolute atomic E-state index is 0.0743. The zero-order valence-electron chi connectivity index (χ0n) is 5.20. The van der Waals surface area contributed by atoms with E-state index in [0.29, 0.717) is 5.75 Å². The molecule has 0 amide bonds. The average molecular weight is 150 g/mol. The number of aliphatic hydroxyl groups is 1. The van der Waals surface area contributed by atoms with Gasteiger partial charge in [-0.15, -0.1) is 11.8 Å². The van der Waals surface area contributed by atoms with Crippen molar-refractivity contribution in [1.29, 1.82) is 0 Å². The molecular weight excluding hydrogens is 140 g/mol. The van der Waals surface area contributed by atoms with E-state index in [4.69, 9.17) is 10.2 Å². The number of hydrogen-bond acceptors (Lipinski definition) is 3. The predicted octanol–water partition coefficient (Wildman–Crippen LogP) is 0.185. The molecule has 0 aliphatic heterocycles. The van der Waals surface area contributed by atoms with Crippen LogP contribution in [0.25, 0.3) is 0 Å². The van der Waals surface area contributed by atoms with Crippen LogP contribution in [0.4, 0.5) is 0 Å². The predicted molar refractivity (Wildman–Crippen MR) is 36.6 cm³/mol. The van der Waals surface area contributed by atoms with Crippen LogP contribution in [-0.2, 0) is 4.79 Å². The molecule has 2 N–H and O–H groups in total. The lowest BCUT2D eigenvalue weighted by Crippen LogP contribution is -2.06. The molecule has 0 radical (unpaired) electrons. The zero-order chi connectivity index (χ0) is 7.28. The number of aliphatic carboxylic acids is 1. The number of rotatable bonds is 4. The van der Waals surface area contributed by atoms with Crippen LogP contribution < -0.4 is 0 Å². The van der Waals surface area contributed by atoms with Gasteiger partial charge in [-0.05, 0) is 6.92 Å². The minimum atomic E-state index is -0.833. The zero-order valence-corrected chi connectivity index (χ0v) is 6.02. The van der Waals surface area contributed by atoms with Gasteiger partial charge in [-0.3, -0.25) is 4.79 Å². The molecule has 0 bridgehead atoms. The summed E-state index contributed by atoms with van der Waals surface area (Å²) in [5.41, 5.74) is 0. The van der Waals surface area contributed by atoms with Crippen LogP contribution in [-0.4, -0.2) is 33.8 Å². The maximum atomic E-state index is 9.88. The highest BCUT2D eigenvalue weighted by molar-refractivity contribution is 7.99. The summed E-state index contributed by atoms with van der Waals surface area (Å²) in [4.78, 5) is 9.88. The topological polar surface area (TPSA) is 57.5 Å². The van der Waals surface area contributed by atoms with Gasteiger partial charge in [0.15, 0.2) is 0 Å². The van der Waals surface area contributed by atoms with E-state index in [1.165, 1.54) is 11.8 Å². The molecule has 0 spiro atoms. The fourth-order valence-corrected chi connectivity index (χ4v) is 0.950. The molecule has 0 heterocycles. The van der Waals surface area contributed by atoms with Gasteiger partial charge in [-0.1, -0.05) is 0 Å². The highest BCUT2D eigenvalue weighted by Gasteiger charge is 1.98. The first-order chi connectivity index (χ1) is 4.13. The molecular formula is C5H10O3S. The Bertz CT molecular complexity index is 92.2. The lowest BCUT2D eigenvalue weighted by Gasteiger charge is -1.99. The minimum Gasteiger partial charge on any atom is -0.481 e. The number of carboxylic acid groups (broad SMARTS) is 1. The highest BCUT2D eigenvalue weighted by Crippen LogP contribution is 2.00. The highest BCUT2D eigenvalue weighted by atomic mass is 32.2. The van der Waals surface area contributed by atoms with E-state index in [2.05, 4.69) is 0 Å². The van der Waals surface area contributed by atoms with Gasteiger partial charge in [0.2, 0.25) is 0 Å². The third-order valence-corrected chi connectivity index (χ3v) is 1.75. The van der Waals surface area contributed by atoms with Crippen LogP contribution in [0.2, 0.25) is 0 Å². The molecule has 0 rings (SSSR count). The molecule has 3 nitrogen and oxygen atoms in total. The molecule has 4 heteroatoms. The summed E-state index contributed by atoms with van der Waals surface area (Å²) in [7, 11) is 0. The van der Waals surface area contributed by atoms with E-state index in [1.807, 2.05) is 0 Å². The van der Waals surface area contributed by atoms with E-state index >= 15 is 0 Å². The molecule has 0 aromatic carbocycles. The van der Waals surface area contributed by atoms with Crippen molar-refractivity contribution in [1.82, 2.24) is 0 Å². The van der Waals surface area contributed by atoms with Crippen molar-refractivity contribution in [2.45, 2.75) is 13.0 Å². The molecule has 0 saturated heterocycles. The molecule has 1 atom stereocenters. The smallest absolute Gasteiger partial charge is 0.313 e. The van der Waals surface area contributed by atoms with Gasteiger partial charge >= 0.3 is 5.97 Å². The quantitative estimate of drug-likeness (QED) is 0.600. The van der Waals surface area contributed by atoms with Gasteiger partial charge in [0, 0.05) is 5.75 Å². The van der Waals surface area contributed by atoms with Crippen molar-refractivity contribution in [3.8, 4) is 0 Å². The van der Waals surface area contributed by atoms with Gasteiger partial charge in [0.05, 0.1) is 11.9 Å². The van der Waals surface area contributed by atoms with Crippen molar-refractivity contribution in [2.75, 3.05) is 11.5 Å². The molecule has 0 aliphatic rings. The normalized spacial score (nSPS) is 13.1. The summed E-state index contributed by atoms with van der Waals surface area (Å²) in [6.07, 6.45) is -0.408. The van der Waals surface area contributed by atoms with Crippen LogP contribution in [0.15, 0.2) is 0 Å². The fourth-order valence-electron chi connectivity index (χ4n) is 0.317. The Morgan fingerprint density at radius 2 is 2.33 bits per heavy atom. The fraction of sp³-hybridized carbons (Fsp3) is 0.800. The summed E-state index contributed by atoms with van der Waals surface area (Å²) in [5.74, 6) is -0.266. The third-order valence-electron chi connectivity index (χ3n) is 0.585. The van der Waals surface area contributed by atoms with E-state index in [-0.39, 0.29) is 5.75 Å². The maximum absolute atomic E-state index is 9.88. The molecule has 1 unspecified atom stereocenters. The van der Waals surface area contributed by atoms with E-state index < -0.39 is 12.1 Å². The molecule has 54 valence electrons. The van der Waals surface area contributed by atoms with Crippen molar-refractivity contribution >= 4 is 17.7 Å². The van der Waals surface area contributed by atoms with Crippen molar-refractivity contribution in [3.05, 3.63) is 0 Å². The summed E-state index contributed by atoms with van der Waals surface area (Å²) >= 11 is 1.22. The Hall–Kier alpha value is -0.220. The van der Waals surface area contributed by atoms with E-state index in [9.17, 15) is 4.79 Å². The Kier molecular flexibility index (Phi) is 4.53. The molecule has 0 fully saturated rings. The van der Waals surface area contributed by atoms with E-state index in [1.54, 1.807) is 6.92 Å². The van der Waals surface area contributed by atoms with Crippen molar-refractivity contribution in [3.63, 3.8) is 0 Å². The second-order valence-electron chi connectivity index (χ2n) is 1.76.